The number of carbonyl (C=O) groups excluding carboxylic acids is 1. The van der Waals surface area contributed by atoms with Crippen LogP contribution in [-0.4, -0.2) is 5.91 Å². The molecule has 1 aromatic heterocycles. The zero-order chi connectivity index (χ0) is 15.8. The van der Waals surface area contributed by atoms with Crippen molar-refractivity contribution < 1.29 is 4.79 Å². The second-order valence-corrected chi connectivity index (χ2v) is 8.61. The summed E-state index contributed by atoms with van der Waals surface area (Å²) in [5.74, 6) is 1.72. The van der Waals surface area contributed by atoms with Crippen molar-refractivity contribution in [3.8, 4) is 6.07 Å². The van der Waals surface area contributed by atoms with E-state index in [1.165, 1.54) is 49.0 Å². The van der Waals surface area contributed by atoms with E-state index in [0.717, 1.165) is 42.2 Å². The summed E-state index contributed by atoms with van der Waals surface area (Å²) < 4.78 is 0. The number of aryl methyl sites for hydroxylation is 1. The van der Waals surface area contributed by atoms with E-state index in [4.69, 9.17) is 0 Å². The minimum atomic E-state index is 0.169. The van der Waals surface area contributed by atoms with Crippen molar-refractivity contribution in [3.63, 3.8) is 0 Å². The Morgan fingerprint density at radius 1 is 1.13 bits per heavy atom. The molecule has 2 saturated carbocycles. The molecular weight excluding hydrogens is 304 g/mol. The second kappa shape index (κ2) is 6.28. The van der Waals surface area contributed by atoms with Crippen LogP contribution < -0.4 is 5.32 Å². The molecule has 2 bridgehead atoms. The molecule has 0 spiro atoms. The van der Waals surface area contributed by atoms with Gasteiger partial charge in [0.1, 0.15) is 11.1 Å². The number of anilines is 1. The molecule has 1 heterocycles. The zero-order valence-corrected chi connectivity index (χ0v) is 14.4. The van der Waals surface area contributed by atoms with Crippen LogP contribution in [0.15, 0.2) is 0 Å². The molecular formula is C19H24N2OS. The lowest BCUT2D eigenvalue weighted by molar-refractivity contribution is -0.121. The SMILES string of the molecule is N#Cc1c(NC(=O)[C@H]2C[C@H]3CC[C@@H]2C3)sc2c1CCCCCC2. The molecule has 23 heavy (non-hydrogen) atoms. The molecule has 122 valence electrons. The standard InChI is InChI=1S/C19H24N2OS/c20-11-16-14-5-3-1-2-4-6-17(14)23-19(16)21-18(22)15-10-12-7-8-13(15)9-12/h12-13,15H,1-10H2,(H,21,22)/t12-,13+,15-/m0/s1. The van der Waals surface area contributed by atoms with E-state index in [1.54, 1.807) is 11.3 Å². The van der Waals surface area contributed by atoms with E-state index >= 15 is 0 Å². The van der Waals surface area contributed by atoms with Crippen LogP contribution in [0.1, 0.15) is 67.4 Å². The van der Waals surface area contributed by atoms with Gasteiger partial charge in [0.25, 0.3) is 0 Å². The van der Waals surface area contributed by atoms with E-state index in [1.807, 2.05) is 0 Å². The molecule has 3 aliphatic carbocycles. The van der Waals surface area contributed by atoms with E-state index in [0.29, 0.717) is 5.92 Å². The van der Waals surface area contributed by atoms with E-state index in [-0.39, 0.29) is 11.8 Å². The molecule has 4 heteroatoms. The summed E-state index contributed by atoms with van der Waals surface area (Å²) in [6.45, 7) is 0. The molecule has 1 amide bonds. The Bertz CT molecular complexity index is 657. The summed E-state index contributed by atoms with van der Waals surface area (Å²) >= 11 is 1.66. The van der Waals surface area contributed by atoms with Gasteiger partial charge in [-0.25, -0.2) is 0 Å². The highest BCUT2D eigenvalue weighted by Gasteiger charge is 2.43. The smallest absolute Gasteiger partial charge is 0.228 e. The first-order valence-electron chi connectivity index (χ1n) is 9.11. The first kappa shape index (κ1) is 15.2. The molecule has 3 nitrogen and oxygen atoms in total. The monoisotopic (exact) mass is 328 g/mol. The molecule has 4 rings (SSSR count). The number of carbonyl (C=O) groups is 1. The van der Waals surface area contributed by atoms with Gasteiger partial charge in [-0.1, -0.05) is 19.3 Å². The van der Waals surface area contributed by atoms with E-state index in [2.05, 4.69) is 11.4 Å². The highest BCUT2D eigenvalue weighted by atomic mass is 32.1. The van der Waals surface area contributed by atoms with Crippen LogP contribution >= 0.6 is 11.3 Å². The summed E-state index contributed by atoms with van der Waals surface area (Å²) in [6.07, 6.45) is 11.8. The highest BCUT2D eigenvalue weighted by molar-refractivity contribution is 7.16. The lowest BCUT2D eigenvalue weighted by Gasteiger charge is -2.20. The van der Waals surface area contributed by atoms with E-state index < -0.39 is 0 Å². The number of hydrogen-bond donors (Lipinski definition) is 1. The van der Waals surface area contributed by atoms with Crippen LogP contribution in [0.3, 0.4) is 0 Å². The topological polar surface area (TPSA) is 52.9 Å². The van der Waals surface area contributed by atoms with Crippen molar-refractivity contribution >= 4 is 22.2 Å². The molecule has 0 unspecified atom stereocenters. The molecule has 1 N–H and O–H groups in total. The van der Waals surface area contributed by atoms with Crippen LogP contribution in [0.2, 0.25) is 0 Å². The molecule has 1 aromatic rings. The number of hydrogen-bond acceptors (Lipinski definition) is 3. The molecule has 0 aromatic carbocycles. The average Bonchev–Trinajstić information content (AvgIpc) is 3.22. The summed E-state index contributed by atoms with van der Waals surface area (Å²) in [6, 6.07) is 2.38. The maximum absolute atomic E-state index is 12.7. The Morgan fingerprint density at radius 2 is 1.96 bits per heavy atom. The van der Waals surface area contributed by atoms with Crippen LogP contribution in [-0.2, 0) is 17.6 Å². The van der Waals surface area contributed by atoms with Crippen molar-refractivity contribution in [2.24, 2.45) is 17.8 Å². The number of fused-ring (bicyclic) bond motifs is 3. The van der Waals surface area contributed by atoms with Crippen molar-refractivity contribution in [2.45, 2.75) is 64.2 Å². The number of rotatable bonds is 2. The first-order valence-corrected chi connectivity index (χ1v) is 9.93. The second-order valence-electron chi connectivity index (χ2n) is 7.50. The fourth-order valence-electron chi connectivity index (χ4n) is 4.90. The van der Waals surface area contributed by atoms with Gasteiger partial charge in [0, 0.05) is 10.8 Å². The van der Waals surface area contributed by atoms with Crippen molar-refractivity contribution in [3.05, 3.63) is 16.0 Å². The van der Waals surface area contributed by atoms with Crippen LogP contribution in [0, 0.1) is 29.1 Å². The number of nitrogens with one attached hydrogen (secondary N) is 1. The average molecular weight is 328 g/mol. The fourth-order valence-corrected chi connectivity index (χ4v) is 6.14. The third-order valence-corrected chi connectivity index (χ3v) is 7.30. The number of nitrogens with zero attached hydrogens (tertiary/aromatic N) is 1. The molecule has 3 atom stereocenters. The zero-order valence-electron chi connectivity index (χ0n) is 13.6. The normalized spacial score (nSPS) is 29.4. The quantitative estimate of drug-likeness (QED) is 0.859. The Morgan fingerprint density at radius 3 is 2.65 bits per heavy atom. The van der Waals surface area contributed by atoms with Gasteiger partial charge in [0.2, 0.25) is 5.91 Å². The Labute approximate surface area is 142 Å². The lowest BCUT2D eigenvalue weighted by Crippen LogP contribution is -2.27. The van der Waals surface area contributed by atoms with Crippen LogP contribution in [0.25, 0.3) is 0 Å². The van der Waals surface area contributed by atoms with Gasteiger partial charge >= 0.3 is 0 Å². The van der Waals surface area contributed by atoms with Crippen molar-refractivity contribution in [2.75, 3.05) is 5.32 Å². The van der Waals surface area contributed by atoms with Crippen molar-refractivity contribution in [1.29, 1.82) is 5.26 Å². The Balaban J connectivity index is 1.55. The van der Waals surface area contributed by atoms with Gasteiger partial charge in [-0.05, 0) is 62.3 Å². The van der Waals surface area contributed by atoms with E-state index in [9.17, 15) is 10.1 Å². The third-order valence-electron chi connectivity index (χ3n) is 6.09. The first-order chi connectivity index (χ1) is 11.3. The molecule has 2 fully saturated rings. The predicted molar refractivity (Wildman–Crippen MR) is 92.5 cm³/mol. The molecule has 0 radical (unpaired) electrons. The lowest BCUT2D eigenvalue weighted by atomic mass is 9.88. The summed E-state index contributed by atoms with van der Waals surface area (Å²) in [7, 11) is 0. The third kappa shape index (κ3) is 2.80. The van der Waals surface area contributed by atoms with Gasteiger partial charge in [-0.2, -0.15) is 5.26 Å². The number of thiophene rings is 1. The molecule has 0 aliphatic heterocycles. The summed E-state index contributed by atoms with van der Waals surface area (Å²) in [5.41, 5.74) is 1.98. The van der Waals surface area contributed by atoms with Crippen LogP contribution in [0.4, 0.5) is 5.00 Å². The summed E-state index contributed by atoms with van der Waals surface area (Å²) in [4.78, 5) is 14.0. The largest absolute Gasteiger partial charge is 0.316 e. The summed E-state index contributed by atoms with van der Waals surface area (Å²) in [5, 5.41) is 13.6. The number of nitriles is 1. The number of amides is 1. The minimum Gasteiger partial charge on any atom is -0.316 e. The maximum atomic E-state index is 12.7. The van der Waals surface area contributed by atoms with Gasteiger partial charge in [-0.3, -0.25) is 4.79 Å². The minimum absolute atomic E-state index is 0.169. The predicted octanol–water partition coefficient (Wildman–Crippen LogP) is 4.65. The van der Waals surface area contributed by atoms with Gasteiger partial charge in [-0.15, -0.1) is 11.3 Å². The Hall–Kier alpha value is -1.34. The van der Waals surface area contributed by atoms with Crippen LogP contribution in [0.5, 0.6) is 0 Å². The molecule has 3 aliphatic rings. The van der Waals surface area contributed by atoms with Gasteiger partial charge in [0.15, 0.2) is 0 Å². The molecule has 0 saturated heterocycles. The highest BCUT2D eigenvalue weighted by Crippen LogP contribution is 2.49. The Kier molecular flexibility index (Phi) is 4.15. The van der Waals surface area contributed by atoms with Gasteiger partial charge in [0.05, 0.1) is 5.56 Å². The fraction of sp³-hybridized carbons (Fsp3) is 0.684. The maximum Gasteiger partial charge on any atom is 0.228 e. The van der Waals surface area contributed by atoms with Crippen molar-refractivity contribution in [1.82, 2.24) is 0 Å². The van der Waals surface area contributed by atoms with Gasteiger partial charge < -0.3 is 5.32 Å².